The molecule has 0 unspecified atom stereocenters. The minimum absolute atomic E-state index is 0.113. The lowest BCUT2D eigenvalue weighted by atomic mass is 9.89. The van der Waals surface area contributed by atoms with Gasteiger partial charge in [-0.05, 0) is 12.8 Å². The van der Waals surface area contributed by atoms with Crippen molar-refractivity contribution in [2.24, 2.45) is 5.84 Å². The molecular formula is C13H23N5O. The van der Waals surface area contributed by atoms with Crippen LogP contribution in [0.25, 0.3) is 0 Å². The molecule has 1 aliphatic carbocycles. The van der Waals surface area contributed by atoms with Gasteiger partial charge in [-0.1, -0.05) is 20.8 Å². The van der Waals surface area contributed by atoms with Crippen LogP contribution in [0.5, 0.6) is 0 Å². The number of nitrogens with two attached hydrogens (primary N) is 1. The van der Waals surface area contributed by atoms with Gasteiger partial charge in [-0.2, -0.15) is 0 Å². The van der Waals surface area contributed by atoms with Crippen LogP contribution in [0.3, 0.4) is 0 Å². The van der Waals surface area contributed by atoms with E-state index in [0.717, 1.165) is 24.5 Å². The van der Waals surface area contributed by atoms with Crippen LogP contribution in [0.1, 0.15) is 39.4 Å². The number of nitrogens with one attached hydrogen (secondary N) is 2. The maximum atomic E-state index is 5.46. The first-order valence-corrected chi connectivity index (χ1v) is 6.58. The average molecular weight is 265 g/mol. The molecule has 2 rings (SSSR count). The molecule has 0 aliphatic heterocycles. The van der Waals surface area contributed by atoms with E-state index < -0.39 is 0 Å². The molecule has 0 spiro atoms. The Bertz CT molecular complexity index is 437. The summed E-state index contributed by atoms with van der Waals surface area (Å²) in [5.74, 6) is 7.68. The Morgan fingerprint density at radius 2 is 1.89 bits per heavy atom. The fourth-order valence-electron chi connectivity index (χ4n) is 2.02. The summed E-state index contributed by atoms with van der Waals surface area (Å²) in [6.07, 6.45) is 2.39. The van der Waals surface area contributed by atoms with Crippen LogP contribution < -0.4 is 16.6 Å². The number of rotatable bonds is 4. The monoisotopic (exact) mass is 265 g/mol. The van der Waals surface area contributed by atoms with Gasteiger partial charge in [-0.15, -0.1) is 0 Å². The van der Waals surface area contributed by atoms with Crippen molar-refractivity contribution < 1.29 is 4.74 Å². The topological polar surface area (TPSA) is 85.1 Å². The third kappa shape index (κ3) is 3.33. The van der Waals surface area contributed by atoms with Crippen molar-refractivity contribution in [2.75, 3.05) is 17.9 Å². The van der Waals surface area contributed by atoms with E-state index in [-0.39, 0.29) is 5.41 Å². The Morgan fingerprint density at radius 3 is 2.42 bits per heavy atom. The molecule has 1 aliphatic rings. The average Bonchev–Trinajstić information content (AvgIpc) is 2.31. The van der Waals surface area contributed by atoms with Crippen molar-refractivity contribution in [1.82, 2.24) is 9.97 Å². The zero-order chi connectivity index (χ0) is 14.0. The number of methoxy groups -OCH3 is 1. The number of hydrazine groups is 1. The van der Waals surface area contributed by atoms with Crippen molar-refractivity contribution >= 4 is 11.6 Å². The highest BCUT2D eigenvalue weighted by atomic mass is 16.5. The normalized spacial score (nSPS) is 22.8. The minimum Gasteiger partial charge on any atom is -0.381 e. The zero-order valence-electron chi connectivity index (χ0n) is 12.0. The van der Waals surface area contributed by atoms with Crippen molar-refractivity contribution in [1.29, 1.82) is 0 Å². The minimum atomic E-state index is -0.113. The maximum absolute atomic E-state index is 5.46. The summed E-state index contributed by atoms with van der Waals surface area (Å²) in [6, 6.07) is 2.24. The first-order chi connectivity index (χ1) is 8.92. The molecule has 0 aromatic carbocycles. The number of hydrogen-bond donors (Lipinski definition) is 3. The summed E-state index contributed by atoms with van der Waals surface area (Å²) in [6.45, 7) is 6.24. The van der Waals surface area contributed by atoms with E-state index in [9.17, 15) is 0 Å². The molecule has 106 valence electrons. The molecule has 6 nitrogen and oxygen atoms in total. The Labute approximate surface area is 114 Å². The smallest absolute Gasteiger partial charge is 0.145 e. The quantitative estimate of drug-likeness (QED) is 0.567. The highest BCUT2D eigenvalue weighted by Gasteiger charge is 2.29. The summed E-state index contributed by atoms with van der Waals surface area (Å²) in [7, 11) is 1.75. The van der Waals surface area contributed by atoms with Crippen LogP contribution in [-0.2, 0) is 10.2 Å². The van der Waals surface area contributed by atoms with Crippen molar-refractivity contribution in [3.63, 3.8) is 0 Å². The molecule has 0 amide bonds. The van der Waals surface area contributed by atoms with Gasteiger partial charge in [-0.3, -0.25) is 0 Å². The van der Waals surface area contributed by atoms with Gasteiger partial charge in [0.2, 0.25) is 0 Å². The SMILES string of the molecule is COC1CC(Nc2cc(NN)nc(C(C)(C)C)n2)C1. The molecule has 4 N–H and O–H groups in total. The van der Waals surface area contributed by atoms with E-state index in [1.165, 1.54) is 0 Å². The highest BCUT2D eigenvalue weighted by Crippen LogP contribution is 2.27. The number of hydrogen-bond acceptors (Lipinski definition) is 6. The van der Waals surface area contributed by atoms with Gasteiger partial charge < -0.3 is 15.5 Å². The van der Waals surface area contributed by atoms with Crippen LogP contribution in [0.15, 0.2) is 6.07 Å². The molecule has 1 aromatic heterocycles. The second-order valence-corrected chi connectivity index (χ2v) is 6.03. The Balaban J connectivity index is 2.12. The van der Waals surface area contributed by atoms with E-state index in [0.29, 0.717) is 18.0 Å². The standard InChI is InChI=1S/C13H23N5O/c1-13(2,3)12-16-10(7-11(17-12)18-14)15-8-5-9(6-8)19-4/h7-9H,5-6,14H2,1-4H3,(H2,15,16,17,18). The first-order valence-electron chi connectivity index (χ1n) is 6.58. The number of aromatic nitrogens is 2. The van der Waals surface area contributed by atoms with Crippen LogP contribution in [-0.4, -0.2) is 29.2 Å². The predicted molar refractivity (Wildman–Crippen MR) is 76.0 cm³/mol. The van der Waals surface area contributed by atoms with Gasteiger partial charge in [0.15, 0.2) is 0 Å². The molecule has 0 saturated heterocycles. The van der Waals surface area contributed by atoms with Gasteiger partial charge in [0.25, 0.3) is 0 Å². The van der Waals surface area contributed by atoms with Crippen molar-refractivity contribution in [3.8, 4) is 0 Å². The van der Waals surface area contributed by atoms with Crippen molar-refractivity contribution in [2.45, 2.75) is 51.2 Å². The van der Waals surface area contributed by atoms with Gasteiger partial charge in [0, 0.05) is 24.6 Å². The summed E-state index contributed by atoms with van der Waals surface area (Å²) >= 11 is 0. The number of anilines is 2. The zero-order valence-corrected chi connectivity index (χ0v) is 12.0. The first kappa shape index (κ1) is 14.0. The molecule has 0 bridgehead atoms. The van der Waals surface area contributed by atoms with Gasteiger partial charge >= 0.3 is 0 Å². The Hall–Kier alpha value is -1.40. The number of nitrogens with zero attached hydrogens (tertiary/aromatic N) is 2. The molecule has 1 saturated carbocycles. The van der Waals surface area contributed by atoms with Gasteiger partial charge in [0.05, 0.1) is 6.10 Å². The second-order valence-electron chi connectivity index (χ2n) is 6.03. The lowest BCUT2D eigenvalue weighted by Gasteiger charge is -2.35. The summed E-state index contributed by atoms with van der Waals surface area (Å²) in [5, 5.41) is 3.40. The van der Waals surface area contributed by atoms with E-state index in [1.807, 2.05) is 6.07 Å². The molecular weight excluding hydrogens is 242 g/mol. The van der Waals surface area contributed by atoms with Crippen LogP contribution in [0.2, 0.25) is 0 Å². The fourth-order valence-corrected chi connectivity index (χ4v) is 2.02. The lowest BCUT2D eigenvalue weighted by Crippen LogP contribution is -2.40. The summed E-state index contributed by atoms with van der Waals surface area (Å²) in [5.41, 5.74) is 2.48. The maximum Gasteiger partial charge on any atom is 0.145 e. The molecule has 1 aromatic rings. The molecule has 1 heterocycles. The van der Waals surface area contributed by atoms with Crippen LogP contribution >= 0.6 is 0 Å². The Morgan fingerprint density at radius 1 is 1.26 bits per heavy atom. The van der Waals surface area contributed by atoms with Crippen LogP contribution in [0, 0.1) is 0 Å². The fraction of sp³-hybridized carbons (Fsp3) is 0.692. The third-order valence-electron chi connectivity index (χ3n) is 3.33. The number of ether oxygens (including phenoxy) is 1. The van der Waals surface area contributed by atoms with E-state index in [2.05, 4.69) is 41.5 Å². The molecule has 19 heavy (non-hydrogen) atoms. The molecule has 0 atom stereocenters. The second kappa shape index (κ2) is 5.30. The largest absolute Gasteiger partial charge is 0.381 e. The third-order valence-corrected chi connectivity index (χ3v) is 3.33. The molecule has 1 fully saturated rings. The predicted octanol–water partition coefficient (Wildman–Crippen LogP) is 1.65. The summed E-state index contributed by atoms with van der Waals surface area (Å²) in [4.78, 5) is 8.96. The van der Waals surface area contributed by atoms with Crippen LogP contribution in [0.4, 0.5) is 11.6 Å². The van der Waals surface area contributed by atoms with E-state index in [4.69, 9.17) is 10.6 Å². The lowest BCUT2D eigenvalue weighted by molar-refractivity contribution is 0.0328. The van der Waals surface area contributed by atoms with Gasteiger partial charge in [-0.25, -0.2) is 15.8 Å². The van der Waals surface area contributed by atoms with E-state index >= 15 is 0 Å². The Kier molecular flexibility index (Phi) is 3.91. The van der Waals surface area contributed by atoms with Gasteiger partial charge in [0.1, 0.15) is 17.5 Å². The molecule has 0 radical (unpaired) electrons. The summed E-state index contributed by atoms with van der Waals surface area (Å²) < 4.78 is 5.27. The van der Waals surface area contributed by atoms with E-state index in [1.54, 1.807) is 7.11 Å². The molecule has 6 heteroatoms. The van der Waals surface area contributed by atoms with Crippen molar-refractivity contribution in [3.05, 3.63) is 11.9 Å². The highest BCUT2D eigenvalue weighted by molar-refractivity contribution is 5.48. The number of nitrogen functional groups attached to an aromatic ring is 1.